The van der Waals surface area contributed by atoms with Crippen LogP contribution < -0.4 is 0 Å². The summed E-state index contributed by atoms with van der Waals surface area (Å²) in [5, 5.41) is 9.86. The Kier molecular flexibility index (Phi) is 4.03. The first-order valence-electron chi connectivity index (χ1n) is 6.45. The second-order valence-corrected chi connectivity index (χ2v) is 4.95. The van der Waals surface area contributed by atoms with Crippen LogP contribution in [0.15, 0.2) is 36.4 Å². The van der Waals surface area contributed by atoms with Gasteiger partial charge < -0.3 is 10.0 Å². The third-order valence-corrected chi connectivity index (χ3v) is 3.08. The zero-order valence-electron chi connectivity index (χ0n) is 11.9. The number of carbonyl (C=O) groups is 1. The molecule has 0 spiro atoms. The lowest BCUT2D eigenvalue weighted by Crippen LogP contribution is -2.26. The highest BCUT2D eigenvalue weighted by Crippen LogP contribution is 2.20. The monoisotopic (exact) mass is 270 g/mol. The van der Waals surface area contributed by atoms with Crippen molar-refractivity contribution in [3.8, 4) is 5.75 Å². The maximum atomic E-state index is 12.3. The molecule has 104 valence electrons. The molecule has 0 saturated carbocycles. The van der Waals surface area contributed by atoms with Gasteiger partial charge in [0, 0.05) is 12.7 Å². The molecule has 0 aliphatic heterocycles. The molecule has 2 rings (SSSR count). The molecule has 1 N–H and O–H groups in total. The van der Waals surface area contributed by atoms with Crippen molar-refractivity contribution in [2.24, 2.45) is 0 Å². The first kappa shape index (κ1) is 14.1. The zero-order chi connectivity index (χ0) is 14.7. The Morgan fingerprint density at radius 3 is 2.65 bits per heavy atom. The van der Waals surface area contributed by atoms with Crippen molar-refractivity contribution in [2.75, 3.05) is 7.05 Å². The molecule has 1 amide bonds. The minimum atomic E-state index is -0.217. The van der Waals surface area contributed by atoms with Gasteiger partial charge in [-0.05, 0) is 43.7 Å². The van der Waals surface area contributed by atoms with Crippen LogP contribution in [-0.2, 0) is 6.54 Å². The largest absolute Gasteiger partial charge is 0.507 e. The Hall–Kier alpha value is -2.36. The maximum Gasteiger partial charge on any atom is 0.257 e. The summed E-state index contributed by atoms with van der Waals surface area (Å²) >= 11 is 0. The van der Waals surface area contributed by atoms with Crippen LogP contribution in [0.2, 0.25) is 0 Å². The zero-order valence-corrected chi connectivity index (χ0v) is 11.9. The second kappa shape index (κ2) is 5.74. The fourth-order valence-electron chi connectivity index (χ4n) is 2.03. The van der Waals surface area contributed by atoms with E-state index in [2.05, 4.69) is 4.98 Å². The van der Waals surface area contributed by atoms with Crippen molar-refractivity contribution in [1.29, 1.82) is 0 Å². The van der Waals surface area contributed by atoms with Crippen LogP contribution in [0.25, 0.3) is 0 Å². The van der Waals surface area contributed by atoms with Gasteiger partial charge in [-0.15, -0.1) is 0 Å². The van der Waals surface area contributed by atoms with Gasteiger partial charge in [0.2, 0.25) is 0 Å². The average molecular weight is 270 g/mol. The number of aromatic hydroxyl groups is 1. The summed E-state index contributed by atoms with van der Waals surface area (Å²) in [6.07, 6.45) is 0. The molecule has 0 aliphatic carbocycles. The van der Waals surface area contributed by atoms with Gasteiger partial charge in [0.1, 0.15) is 5.75 Å². The number of hydrogen-bond donors (Lipinski definition) is 1. The molecular weight excluding hydrogens is 252 g/mol. The lowest BCUT2D eigenvalue weighted by atomic mass is 10.1. The van der Waals surface area contributed by atoms with Gasteiger partial charge in [-0.1, -0.05) is 12.1 Å². The van der Waals surface area contributed by atoms with E-state index in [-0.39, 0.29) is 11.7 Å². The van der Waals surface area contributed by atoms with E-state index in [0.29, 0.717) is 12.1 Å². The second-order valence-electron chi connectivity index (χ2n) is 4.95. The topological polar surface area (TPSA) is 53.4 Å². The number of pyridine rings is 1. The van der Waals surface area contributed by atoms with E-state index in [0.717, 1.165) is 17.0 Å². The van der Waals surface area contributed by atoms with Crippen LogP contribution in [0.5, 0.6) is 5.75 Å². The predicted molar refractivity (Wildman–Crippen MR) is 77.6 cm³/mol. The van der Waals surface area contributed by atoms with Crippen molar-refractivity contribution in [1.82, 2.24) is 9.88 Å². The van der Waals surface area contributed by atoms with Crippen molar-refractivity contribution in [3.63, 3.8) is 0 Å². The molecule has 0 bridgehead atoms. The molecule has 2 aromatic rings. The summed E-state index contributed by atoms with van der Waals surface area (Å²) in [6.45, 7) is 4.19. The smallest absolute Gasteiger partial charge is 0.257 e. The molecule has 1 aromatic carbocycles. The molecular formula is C16H18N2O2. The first-order valence-corrected chi connectivity index (χ1v) is 6.45. The summed E-state index contributed by atoms with van der Waals surface area (Å²) in [4.78, 5) is 18.2. The summed E-state index contributed by atoms with van der Waals surface area (Å²) in [6, 6.07) is 10.8. The van der Waals surface area contributed by atoms with Gasteiger partial charge in [-0.2, -0.15) is 0 Å². The Morgan fingerprint density at radius 1 is 1.25 bits per heavy atom. The highest BCUT2D eigenvalue weighted by molar-refractivity contribution is 5.96. The SMILES string of the molecule is Cc1ccc(C(=O)N(C)Cc2cccc(C)n2)c(O)c1. The molecule has 0 atom stereocenters. The van der Waals surface area contributed by atoms with Gasteiger partial charge in [-0.3, -0.25) is 9.78 Å². The number of hydrogen-bond acceptors (Lipinski definition) is 3. The van der Waals surface area contributed by atoms with Crippen LogP contribution >= 0.6 is 0 Å². The minimum absolute atomic E-state index is 0.0130. The number of phenols is 1. The number of nitrogens with zero attached hydrogens (tertiary/aromatic N) is 2. The third-order valence-electron chi connectivity index (χ3n) is 3.08. The van der Waals surface area contributed by atoms with Crippen LogP contribution in [0.1, 0.15) is 27.3 Å². The lowest BCUT2D eigenvalue weighted by Gasteiger charge is -2.17. The molecule has 0 saturated heterocycles. The number of amides is 1. The quantitative estimate of drug-likeness (QED) is 0.933. The minimum Gasteiger partial charge on any atom is -0.507 e. The van der Waals surface area contributed by atoms with Crippen LogP contribution in [0, 0.1) is 13.8 Å². The van der Waals surface area contributed by atoms with Crippen molar-refractivity contribution < 1.29 is 9.90 Å². The molecule has 1 aromatic heterocycles. The Labute approximate surface area is 118 Å². The fraction of sp³-hybridized carbons (Fsp3) is 0.250. The Balaban J connectivity index is 2.16. The van der Waals surface area contributed by atoms with Gasteiger partial charge in [0.05, 0.1) is 17.8 Å². The molecule has 20 heavy (non-hydrogen) atoms. The Morgan fingerprint density at radius 2 is 2.00 bits per heavy atom. The average Bonchev–Trinajstić information content (AvgIpc) is 2.38. The van der Waals surface area contributed by atoms with Gasteiger partial charge in [0.25, 0.3) is 5.91 Å². The van der Waals surface area contributed by atoms with E-state index in [1.165, 1.54) is 0 Å². The molecule has 0 fully saturated rings. The summed E-state index contributed by atoms with van der Waals surface area (Å²) < 4.78 is 0. The van der Waals surface area contributed by atoms with Crippen molar-refractivity contribution >= 4 is 5.91 Å². The normalized spacial score (nSPS) is 10.3. The van der Waals surface area contributed by atoms with E-state index in [9.17, 15) is 9.90 Å². The number of aryl methyl sites for hydroxylation is 2. The number of aromatic nitrogens is 1. The number of phenolic OH excluding ortho intramolecular Hbond substituents is 1. The number of rotatable bonds is 3. The maximum absolute atomic E-state index is 12.3. The Bertz CT molecular complexity index is 638. The molecule has 0 aliphatic rings. The molecule has 4 nitrogen and oxygen atoms in total. The van der Waals surface area contributed by atoms with E-state index in [4.69, 9.17) is 0 Å². The van der Waals surface area contributed by atoms with Crippen LogP contribution in [0.3, 0.4) is 0 Å². The van der Waals surface area contributed by atoms with E-state index in [1.54, 1.807) is 24.1 Å². The molecule has 1 heterocycles. The van der Waals surface area contributed by atoms with Gasteiger partial charge in [0.15, 0.2) is 0 Å². The predicted octanol–water partition coefficient (Wildman–Crippen LogP) is 2.68. The molecule has 0 unspecified atom stereocenters. The van der Waals surface area contributed by atoms with E-state index in [1.807, 2.05) is 38.1 Å². The summed E-state index contributed by atoms with van der Waals surface area (Å²) in [7, 11) is 1.70. The number of carbonyl (C=O) groups excluding carboxylic acids is 1. The summed E-state index contributed by atoms with van der Waals surface area (Å²) in [5.41, 5.74) is 2.97. The highest BCUT2D eigenvalue weighted by Gasteiger charge is 2.16. The molecule has 4 heteroatoms. The van der Waals surface area contributed by atoms with Crippen LogP contribution in [-0.4, -0.2) is 27.9 Å². The van der Waals surface area contributed by atoms with E-state index >= 15 is 0 Å². The van der Waals surface area contributed by atoms with Crippen molar-refractivity contribution in [2.45, 2.75) is 20.4 Å². The van der Waals surface area contributed by atoms with Crippen molar-refractivity contribution in [3.05, 3.63) is 58.9 Å². The first-order chi connectivity index (χ1) is 9.47. The summed E-state index contributed by atoms with van der Waals surface area (Å²) in [5.74, 6) is -0.204. The highest BCUT2D eigenvalue weighted by atomic mass is 16.3. The number of benzene rings is 1. The van der Waals surface area contributed by atoms with E-state index < -0.39 is 0 Å². The standard InChI is InChI=1S/C16H18N2O2/c1-11-7-8-14(15(19)9-11)16(20)18(3)10-13-6-4-5-12(2)17-13/h4-9,19H,10H2,1-3H3. The van der Waals surface area contributed by atoms with Crippen LogP contribution in [0.4, 0.5) is 0 Å². The molecule has 0 radical (unpaired) electrons. The fourth-order valence-corrected chi connectivity index (χ4v) is 2.03. The lowest BCUT2D eigenvalue weighted by molar-refractivity contribution is 0.0780. The van der Waals surface area contributed by atoms with Gasteiger partial charge in [-0.25, -0.2) is 0 Å². The van der Waals surface area contributed by atoms with Gasteiger partial charge >= 0.3 is 0 Å². The third kappa shape index (κ3) is 3.15.